The molecule has 0 radical (unpaired) electrons. The second kappa shape index (κ2) is 7.78. The first kappa shape index (κ1) is 20.1. The Bertz CT molecular complexity index is 653. The predicted octanol–water partition coefficient (Wildman–Crippen LogP) is 5.18. The molecule has 0 spiro atoms. The summed E-state index contributed by atoms with van der Waals surface area (Å²) in [6.45, 7) is 11.4. The van der Waals surface area contributed by atoms with Gasteiger partial charge in [-0.3, -0.25) is 0 Å². The molecule has 2 heterocycles. The Hall–Kier alpha value is -1.62. The van der Waals surface area contributed by atoms with Crippen LogP contribution in [0.15, 0.2) is 24.3 Å². The number of benzene rings is 1. The quantitative estimate of drug-likeness (QED) is 0.712. The molecular weight excluding hydrogens is 345 g/mol. The number of rotatable bonds is 2. The van der Waals surface area contributed by atoms with Crippen LogP contribution in [0.2, 0.25) is 0 Å². The van der Waals surface area contributed by atoms with Crippen LogP contribution in [0.1, 0.15) is 59.1 Å². The number of hydrogen-bond donors (Lipinski definition) is 0. The summed E-state index contributed by atoms with van der Waals surface area (Å²) in [5.74, 6) is 0.878. The van der Waals surface area contributed by atoms with Gasteiger partial charge in [-0.05, 0) is 63.1 Å². The van der Waals surface area contributed by atoms with Crippen LogP contribution in [0.25, 0.3) is 0 Å². The fourth-order valence-electron chi connectivity index (χ4n) is 4.27. The van der Waals surface area contributed by atoms with Gasteiger partial charge in [0.1, 0.15) is 11.4 Å². The van der Waals surface area contributed by atoms with Crippen LogP contribution in [0.5, 0.6) is 0 Å². The number of nitrogens with zero attached hydrogens (tertiary/aromatic N) is 1. The zero-order valence-corrected chi connectivity index (χ0v) is 17.1. The normalized spacial score (nSPS) is 28.8. The highest BCUT2D eigenvalue weighted by Crippen LogP contribution is 2.45. The monoisotopic (exact) mass is 377 g/mol. The van der Waals surface area contributed by atoms with E-state index in [1.807, 2.05) is 37.8 Å². The summed E-state index contributed by atoms with van der Waals surface area (Å²) < 4.78 is 25.4. The maximum absolute atomic E-state index is 13.3. The SMILES string of the molecule is CC(C)[C@H]1C[C@@H]2CN(C(=O)OC(C)(C)C)CC[C@@H]2O[C@@H]1c1ccc(F)cc1. The zero-order chi connectivity index (χ0) is 19.8. The minimum Gasteiger partial charge on any atom is -0.444 e. The van der Waals surface area contributed by atoms with E-state index in [4.69, 9.17) is 9.47 Å². The van der Waals surface area contributed by atoms with E-state index >= 15 is 0 Å². The molecule has 0 aliphatic carbocycles. The Morgan fingerprint density at radius 2 is 1.93 bits per heavy atom. The molecule has 0 saturated carbocycles. The van der Waals surface area contributed by atoms with E-state index in [-0.39, 0.29) is 24.1 Å². The third kappa shape index (κ3) is 4.81. The average molecular weight is 378 g/mol. The van der Waals surface area contributed by atoms with Gasteiger partial charge in [-0.25, -0.2) is 9.18 Å². The van der Waals surface area contributed by atoms with Gasteiger partial charge in [-0.15, -0.1) is 0 Å². The molecule has 2 saturated heterocycles. The molecule has 1 amide bonds. The first-order valence-corrected chi connectivity index (χ1v) is 10.0. The largest absolute Gasteiger partial charge is 0.444 e. The maximum Gasteiger partial charge on any atom is 0.410 e. The highest BCUT2D eigenvalue weighted by Gasteiger charge is 2.43. The van der Waals surface area contributed by atoms with E-state index in [0.717, 1.165) is 18.4 Å². The summed E-state index contributed by atoms with van der Waals surface area (Å²) in [6.07, 6.45) is 1.70. The van der Waals surface area contributed by atoms with Crippen LogP contribution in [0.4, 0.5) is 9.18 Å². The van der Waals surface area contributed by atoms with Crippen LogP contribution in [-0.2, 0) is 9.47 Å². The van der Waals surface area contributed by atoms with Crippen molar-refractivity contribution in [3.8, 4) is 0 Å². The molecule has 0 aromatic heterocycles. The molecule has 4 nitrogen and oxygen atoms in total. The fourth-order valence-corrected chi connectivity index (χ4v) is 4.27. The molecule has 0 N–H and O–H groups in total. The Kier molecular flexibility index (Phi) is 5.80. The summed E-state index contributed by atoms with van der Waals surface area (Å²) in [5, 5.41) is 0. The van der Waals surface area contributed by atoms with Gasteiger partial charge >= 0.3 is 6.09 Å². The van der Waals surface area contributed by atoms with Gasteiger partial charge in [-0.2, -0.15) is 0 Å². The van der Waals surface area contributed by atoms with Crippen molar-refractivity contribution >= 4 is 6.09 Å². The lowest BCUT2D eigenvalue weighted by atomic mass is 9.74. The number of halogens is 1. The molecular formula is C22H32FNO3. The first-order valence-electron chi connectivity index (χ1n) is 10.0. The number of fused-ring (bicyclic) bond motifs is 1. The van der Waals surface area contributed by atoms with Crippen molar-refractivity contribution < 1.29 is 18.7 Å². The van der Waals surface area contributed by atoms with Crippen molar-refractivity contribution in [2.75, 3.05) is 13.1 Å². The lowest BCUT2D eigenvalue weighted by Crippen LogP contribution is -2.52. The molecule has 1 aromatic carbocycles. The van der Waals surface area contributed by atoms with E-state index in [2.05, 4.69) is 13.8 Å². The van der Waals surface area contributed by atoms with Crippen molar-refractivity contribution in [2.45, 2.75) is 65.3 Å². The molecule has 0 unspecified atom stereocenters. The summed E-state index contributed by atoms with van der Waals surface area (Å²) in [4.78, 5) is 14.3. The van der Waals surface area contributed by atoms with Crippen LogP contribution in [-0.4, -0.2) is 35.8 Å². The Morgan fingerprint density at radius 1 is 1.26 bits per heavy atom. The molecule has 3 rings (SSSR count). The molecule has 5 heteroatoms. The van der Waals surface area contributed by atoms with Crippen molar-refractivity contribution in [1.29, 1.82) is 0 Å². The molecule has 4 atom stereocenters. The van der Waals surface area contributed by atoms with Crippen LogP contribution < -0.4 is 0 Å². The highest BCUT2D eigenvalue weighted by atomic mass is 19.1. The molecule has 27 heavy (non-hydrogen) atoms. The molecule has 2 aliphatic heterocycles. The van der Waals surface area contributed by atoms with Gasteiger partial charge in [-0.1, -0.05) is 26.0 Å². The number of carbonyl (C=O) groups excluding carboxylic acids is 1. The van der Waals surface area contributed by atoms with Gasteiger partial charge in [0.2, 0.25) is 0 Å². The number of carbonyl (C=O) groups is 1. The Morgan fingerprint density at radius 3 is 2.52 bits per heavy atom. The third-order valence-electron chi connectivity index (χ3n) is 5.66. The number of likely N-dealkylation sites (tertiary alicyclic amines) is 1. The predicted molar refractivity (Wildman–Crippen MR) is 103 cm³/mol. The highest BCUT2D eigenvalue weighted by molar-refractivity contribution is 5.68. The smallest absolute Gasteiger partial charge is 0.410 e. The lowest BCUT2D eigenvalue weighted by Gasteiger charge is -2.48. The minimum absolute atomic E-state index is 0.0140. The summed E-state index contributed by atoms with van der Waals surface area (Å²) in [6, 6.07) is 6.69. The standard InChI is InChI=1S/C22H32FNO3/c1-14(2)18-12-16-13-24(21(25)27-22(3,4)5)11-10-19(16)26-20(18)15-6-8-17(23)9-7-15/h6-9,14,16,18-20H,10-13H2,1-5H3/t16-,18-,19+,20-/m1/s1. The van der Waals surface area contributed by atoms with Crippen molar-refractivity contribution in [2.24, 2.45) is 17.8 Å². The maximum atomic E-state index is 13.3. The van der Waals surface area contributed by atoms with E-state index in [1.54, 1.807) is 0 Å². The molecule has 0 bridgehead atoms. The lowest BCUT2D eigenvalue weighted by molar-refractivity contribution is -0.149. The summed E-state index contributed by atoms with van der Waals surface area (Å²) >= 11 is 0. The van der Waals surface area contributed by atoms with Gasteiger partial charge in [0, 0.05) is 19.0 Å². The van der Waals surface area contributed by atoms with E-state index in [0.29, 0.717) is 30.8 Å². The second-order valence-corrected chi connectivity index (χ2v) is 9.27. The van der Waals surface area contributed by atoms with Crippen molar-refractivity contribution in [3.05, 3.63) is 35.6 Å². The van der Waals surface area contributed by atoms with Crippen LogP contribution in [0, 0.1) is 23.6 Å². The first-order chi connectivity index (χ1) is 12.6. The second-order valence-electron chi connectivity index (χ2n) is 9.27. The minimum atomic E-state index is -0.481. The van der Waals surface area contributed by atoms with Crippen molar-refractivity contribution in [3.63, 3.8) is 0 Å². The zero-order valence-electron chi connectivity index (χ0n) is 17.1. The molecule has 2 aliphatic rings. The average Bonchev–Trinajstić information content (AvgIpc) is 2.59. The number of hydrogen-bond acceptors (Lipinski definition) is 3. The fraction of sp³-hybridized carbons (Fsp3) is 0.682. The molecule has 1 aromatic rings. The van der Waals surface area contributed by atoms with Gasteiger partial charge < -0.3 is 14.4 Å². The topological polar surface area (TPSA) is 38.8 Å². The van der Waals surface area contributed by atoms with Gasteiger partial charge in [0.25, 0.3) is 0 Å². The molecule has 2 fully saturated rings. The summed E-state index contributed by atoms with van der Waals surface area (Å²) in [5.41, 5.74) is 0.564. The van der Waals surface area contributed by atoms with E-state index in [9.17, 15) is 9.18 Å². The van der Waals surface area contributed by atoms with Gasteiger partial charge in [0.05, 0.1) is 12.2 Å². The number of piperidine rings is 1. The van der Waals surface area contributed by atoms with E-state index in [1.165, 1.54) is 12.1 Å². The summed E-state index contributed by atoms with van der Waals surface area (Å²) in [7, 11) is 0. The van der Waals surface area contributed by atoms with E-state index < -0.39 is 5.60 Å². The Labute approximate surface area is 162 Å². The third-order valence-corrected chi connectivity index (χ3v) is 5.66. The Balaban J connectivity index is 1.72. The number of amides is 1. The van der Waals surface area contributed by atoms with Crippen molar-refractivity contribution in [1.82, 2.24) is 4.90 Å². The van der Waals surface area contributed by atoms with Gasteiger partial charge in [0.15, 0.2) is 0 Å². The van der Waals surface area contributed by atoms with Crippen LogP contribution >= 0.6 is 0 Å². The molecule has 150 valence electrons. The van der Waals surface area contributed by atoms with Crippen LogP contribution in [0.3, 0.4) is 0 Å². The number of ether oxygens (including phenoxy) is 2.